The van der Waals surface area contributed by atoms with Crippen LogP contribution >= 0.6 is 0 Å². The molecule has 0 amide bonds. The molecule has 106 valence electrons. The number of para-hydroxylation sites is 2. The van der Waals surface area contributed by atoms with Crippen LogP contribution in [0.1, 0.15) is 21.7 Å². The Morgan fingerprint density at radius 1 is 1.14 bits per heavy atom. The van der Waals surface area contributed by atoms with E-state index in [2.05, 4.69) is 0 Å². The van der Waals surface area contributed by atoms with E-state index in [0.29, 0.717) is 22.5 Å². The normalized spacial score (nSPS) is 10.7. The topological polar surface area (TPSA) is 59.7 Å². The highest BCUT2D eigenvalue weighted by Gasteiger charge is 2.20. The van der Waals surface area contributed by atoms with Gasteiger partial charge in [0, 0.05) is 5.39 Å². The van der Waals surface area contributed by atoms with Gasteiger partial charge in [-0.2, -0.15) is 0 Å². The Morgan fingerprint density at radius 3 is 2.62 bits per heavy atom. The van der Waals surface area contributed by atoms with Gasteiger partial charge in [0.1, 0.15) is 23.5 Å². The summed E-state index contributed by atoms with van der Waals surface area (Å²) in [6.45, 7) is 2.02. The van der Waals surface area contributed by atoms with Crippen molar-refractivity contribution in [3.8, 4) is 5.75 Å². The predicted molar refractivity (Wildman–Crippen MR) is 78.7 cm³/mol. The van der Waals surface area contributed by atoms with Crippen molar-refractivity contribution in [2.45, 2.75) is 13.5 Å². The lowest BCUT2D eigenvalue weighted by atomic mass is 10.1. The fraction of sp³-hybridized carbons (Fsp3) is 0.118. The number of hydrogen-bond acceptors (Lipinski definition) is 3. The minimum Gasteiger partial charge on any atom is -0.485 e. The van der Waals surface area contributed by atoms with Crippen LogP contribution in [0.2, 0.25) is 0 Å². The van der Waals surface area contributed by atoms with Gasteiger partial charge in [0.05, 0.1) is 0 Å². The summed E-state index contributed by atoms with van der Waals surface area (Å²) in [5.41, 5.74) is 1.71. The van der Waals surface area contributed by atoms with Crippen molar-refractivity contribution >= 4 is 16.9 Å². The van der Waals surface area contributed by atoms with Crippen LogP contribution in [-0.4, -0.2) is 11.1 Å². The van der Waals surface area contributed by atoms with Crippen LogP contribution in [0.5, 0.6) is 5.75 Å². The standard InChI is InChI=1S/C17H14O4/c1-11-6-2-4-8-13(11)20-10-15-16(17(18)19)12-7-3-5-9-14(12)21-15/h2-9H,10H2,1H3,(H,18,19). The second-order valence-corrected chi connectivity index (χ2v) is 4.76. The molecule has 0 aliphatic carbocycles. The second-order valence-electron chi connectivity index (χ2n) is 4.76. The van der Waals surface area contributed by atoms with Gasteiger partial charge in [0.25, 0.3) is 0 Å². The second kappa shape index (κ2) is 5.32. The van der Waals surface area contributed by atoms with Crippen LogP contribution in [0.4, 0.5) is 0 Å². The number of furan rings is 1. The molecule has 0 radical (unpaired) electrons. The lowest BCUT2D eigenvalue weighted by molar-refractivity contribution is 0.0693. The molecule has 0 fully saturated rings. The van der Waals surface area contributed by atoms with E-state index < -0.39 is 5.97 Å². The largest absolute Gasteiger partial charge is 0.485 e. The molecule has 0 spiro atoms. The van der Waals surface area contributed by atoms with Crippen molar-refractivity contribution in [2.24, 2.45) is 0 Å². The fourth-order valence-electron chi connectivity index (χ4n) is 2.29. The molecule has 0 unspecified atom stereocenters. The average molecular weight is 282 g/mol. The van der Waals surface area contributed by atoms with Crippen molar-refractivity contribution in [3.63, 3.8) is 0 Å². The number of carboxylic acid groups (broad SMARTS) is 1. The molecule has 0 bridgehead atoms. The van der Waals surface area contributed by atoms with Crippen LogP contribution in [0, 0.1) is 6.92 Å². The first-order chi connectivity index (χ1) is 10.2. The van der Waals surface area contributed by atoms with E-state index in [1.807, 2.05) is 37.3 Å². The lowest BCUT2D eigenvalue weighted by Crippen LogP contribution is -2.03. The first-order valence-corrected chi connectivity index (χ1v) is 6.59. The number of carboxylic acids is 1. The third kappa shape index (κ3) is 2.48. The summed E-state index contributed by atoms with van der Waals surface area (Å²) in [5.74, 6) is 0.0320. The Bertz CT molecular complexity index is 801. The first kappa shape index (κ1) is 13.2. The van der Waals surface area contributed by atoms with Gasteiger partial charge in [-0.25, -0.2) is 4.79 Å². The van der Waals surface area contributed by atoms with Gasteiger partial charge in [-0.05, 0) is 24.6 Å². The van der Waals surface area contributed by atoms with Crippen LogP contribution < -0.4 is 4.74 Å². The van der Waals surface area contributed by atoms with Crippen molar-refractivity contribution in [2.75, 3.05) is 0 Å². The fourth-order valence-corrected chi connectivity index (χ4v) is 2.29. The average Bonchev–Trinajstić information content (AvgIpc) is 2.85. The summed E-state index contributed by atoms with van der Waals surface area (Å²) in [7, 11) is 0. The van der Waals surface area contributed by atoms with Gasteiger partial charge in [-0.1, -0.05) is 36.4 Å². The minimum atomic E-state index is -1.01. The molecular weight excluding hydrogens is 268 g/mol. The molecule has 1 heterocycles. The van der Waals surface area contributed by atoms with Crippen LogP contribution in [0.25, 0.3) is 11.0 Å². The molecule has 1 aromatic heterocycles. The van der Waals surface area contributed by atoms with Gasteiger partial charge in [0.15, 0.2) is 5.76 Å². The molecule has 3 rings (SSSR count). The van der Waals surface area contributed by atoms with Crippen molar-refractivity contribution in [1.82, 2.24) is 0 Å². The monoisotopic (exact) mass is 282 g/mol. The summed E-state index contributed by atoms with van der Waals surface area (Å²) >= 11 is 0. The molecule has 0 aliphatic heterocycles. The number of hydrogen-bond donors (Lipinski definition) is 1. The Labute approximate surface area is 121 Å². The Kier molecular flexibility index (Phi) is 3.36. The predicted octanol–water partition coefficient (Wildman–Crippen LogP) is 4.02. The SMILES string of the molecule is Cc1ccccc1OCc1oc2ccccc2c1C(=O)O. The molecule has 0 atom stereocenters. The molecule has 0 aliphatic rings. The number of benzene rings is 2. The molecule has 0 saturated carbocycles. The maximum Gasteiger partial charge on any atom is 0.340 e. The maximum atomic E-state index is 11.5. The zero-order chi connectivity index (χ0) is 14.8. The third-order valence-electron chi connectivity index (χ3n) is 3.33. The number of fused-ring (bicyclic) bond motifs is 1. The van der Waals surface area contributed by atoms with Crippen molar-refractivity contribution in [3.05, 3.63) is 65.4 Å². The molecule has 2 aromatic carbocycles. The summed E-state index contributed by atoms with van der Waals surface area (Å²) in [4.78, 5) is 11.5. The summed E-state index contributed by atoms with van der Waals surface area (Å²) in [5, 5.41) is 9.98. The van der Waals surface area contributed by atoms with Gasteiger partial charge >= 0.3 is 5.97 Å². The molecule has 4 nitrogen and oxygen atoms in total. The highest BCUT2D eigenvalue weighted by molar-refractivity contribution is 6.03. The Morgan fingerprint density at radius 2 is 1.86 bits per heavy atom. The van der Waals surface area contributed by atoms with E-state index in [9.17, 15) is 9.90 Å². The quantitative estimate of drug-likeness (QED) is 0.785. The minimum absolute atomic E-state index is 0.0845. The molecule has 0 saturated heterocycles. The number of aromatic carboxylic acids is 1. The summed E-state index contributed by atoms with van der Waals surface area (Å²) in [6, 6.07) is 14.7. The third-order valence-corrected chi connectivity index (χ3v) is 3.33. The van der Waals surface area contributed by atoms with Crippen LogP contribution in [-0.2, 0) is 6.61 Å². The number of carbonyl (C=O) groups is 1. The van der Waals surface area contributed by atoms with Gasteiger partial charge in [-0.3, -0.25) is 0 Å². The van der Waals surface area contributed by atoms with Gasteiger partial charge in [-0.15, -0.1) is 0 Å². The number of rotatable bonds is 4. The molecule has 3 aromatic rings. The molecule has 1 N–H and O–H groups in total. The van der Waals surface area contributed by atoms with E-state index in [0.717, 1.165) is 5.56 Å². The van der Waals surface area contributed by atoms with Crippen LogP contribution in [0.15, 0.2) is 52.9 Å². The van der Waals surface area contributed by atoms with E-state index >= 15 is 0 Å². The van der Waals surface area contributed by atoms with Crippen molar-refractivity contribution in [1.29, 1.82) is 0 Å². The van der Waals surface area contributed by atoms with E-state index in [1.54, 1.807) is 18.2 Å². The summed E-state index contributed by atoms with van der Waals surface area (Å²) in [6.07, 6.45) is 0. The first-order valence-electron chi connectivity index (χ1n) is 6.59. The zero-order valence-corrected chi connectivity index (χ0v) is 11.5. The zero-order valence-electron chi connectivity index (χ0n) is 11.5. The van der Waals surface area contributed by atoms with Crippen molar-refractivity contribution < 1.29 is 19.1 Å². The van der Waals surface area contributed by atoms with E-state index in [4.69, 9.17) is 9.15 Å². The lowest BCUT2D eigenvalue weighted by Gasteiger charge is -2.07. The highest BCUT2D eigenvalue weighted by atomic mass is 16.5. The molecular formula is C17H14O4. The highest BCUT2D eigenvalue weighted by Crippen LogP contribution is 2.27. The number of aryl methyl sites for hydroxylation is 1. The number of ether oxygens (including phenoxy) is 1. The Hall–Kier alpha value is -2.75. The molecule has 21 heavy (non-hydrogen) atoms. The van der Waals surface area contributed by atoms with Crippen LogP contribution in [0.3, 0.4) is 0 Å². The maximum absolute atomic E-state index is 11.5. The van der Waals surface area contributed by atoms with E-state index in [-0.39, 0.29) is 12.2 Å². The summed E-state index contributed by atoms with van der Waals surface area (Å²) < 4.78 is 11.3. The van der Waals surface area contributed by atoms with Gasteiger partial charge in [0.2, 0.25) is 0 Å². The van der Waals surface area contributed by atoms with Gasteiger partial charge < -0.3 is 14.3 Å². The van der Waals surface area contributed by atoms with E-state index in [1.165, 1.54) is 0 Å². The molecule has 4 heteroatoms. The smallest absolute Gasteiger partial charge is 0.340 e. The Balaban J connectivity index is 1.95.